The first-order valence-electron chi connectivity index (χ1n) is 6.71. The Labute approximate surface area is 124 Å². The summed E-state index contributed by atoms with van der Waals surface area (Å²) in [6.45, 7) is 0.394. The maximum Gasteiger partial charge on any atom is 0.227 e. The molecular weight excluding hydrogens is 272 g/mol. The molecule has 6 nitrogen and oxygen atoms in total. The second-order valence-electron chi connectivity index (χ2n) is 5.18. The number of amides is 2. The number of anilines is 1. The summed E-state index contributed by atoms with van der Waals surface area (Å²) in [7, 11) is 6.51. The monoisotopic (exact) mass is 292 g/mol. The standard InChI is InChI=1S/C15H20N2O4/c1-16(2)15(19)10-7-14(18)17(9-10)11-5-6-12(20-3)13(8-11)21-4/h5-6,8,10H,7,9H2,1-4H3. The van der Waals surface area contributed by atoms with E-state index < -0.39 is 0 Å². The molecule has 21 heavy (non-hydrogen) atoms. The zero-order valence-electron chi connectivity index (χ0n) is 12.8. The van der Waals surface area contributed by atoms with Crippen molar-refractivity contribution in [2.45, 2.75) is 6.42 Å². The molecule has 0 N–H and O–H groups in total. The molecule has 114 valence electrons. The van der Waals surface area contributed by atoms with E-state index in [1.54, 1.807) is 51.4 Å². The van der Waals surface area contributed by atoms with Gasteiger partial charge >= 0.3 is 0 Å². The maximum atomic E-state index is 12.1. The molecule has 1 aliphatic rings. The molecule has 1 fully saturated rings. The van der Waals surface area contributed by atoms with Crippen LogP contribution in [0.5, 0.6) is 11.5 Å². The van der Waals surface area contributed by atoms with Gasteiger partial charge in [0.25, 0.3) is 0 Å². The van der Waals surface area contributed by atoms with E-state index in [9.17, 15) is 9.59 Å². The van der Waals surface area contributed by atoms with Gasteiger partial charge in [-0.1, -0.05) is 0 Å². The van der Waals surface area contributed by atoms with Gasteiger partial charge in [0, 0.05) is 38.8 Å². The number of ether oxygens (including phenoxy) is 2. The van der Waals surface area contributed by atoms with Crippen LogP contribution in [0.3, 0.4) is 0 Å². The van der Waals surface area contributed by atoms with E-state index in [1.165, 1.54) is 4.90 Å². The van der Waals surface area contributed by atoms with Crippen molar-refractivity contribution in [3.05, 3.63) is 18.2 Å². The van der Waals surface area contributed by atoms with E-state index >= 15 is 0 Å². The van der Waals surface area contributed by atoms with Gasteiger partial charge in [0.05, 0.1) is 20.1 Å². The van der Waals surface area contributed by atoms with Gasteiger partial charge in [-0.05, 0) is 12.1 Å². The van der Waals surface area contributed by atoms with Crippen LogP contribution in [0.15, 0.2) is 18.2 Å². The minimum atomic E-state index is -0.291. The fourth-order valence-electron chi connectivity index (χ4n) is 2.48. The minimum Gasteiger partial charge on any atom is -0.493 e. The first-order valence-corrected chi connectivity index (χ1v) is 6.71. The van der Waals surface area contributed by atoms with Gasteiger partial charge in [-0.2, -0.15) is 0 Å². The Balaban J connectivity index is 2.23. The summed E-state index contributed by atoms with van der Waals surface area (Å²) in [5.41, 5.74) is 0.715. The number of hydrogen-bond acceptors (Lipinski definition) is 4. The predicted molar refractivity (Wildman–Crippen MR) is 78.7 cm³/mol. The highest BCUT2D eigenvalue weighted by Gasteiger charge is 2.36. The third kappa shape index (κ3) is 2.94. The lowest BCUT2D eigenvalue weighted by molar-refractivity contribution is -0.133. The van der Waals surface area contributed by atoms with Gasteiger partial charge in [0.1, 0.15) is 0 Å². The molecule has 0 saturated carbocycles. The SMILES string of the molecule is COc1ccc(N2CC(C(=O)N(C)C)CC2=O)cc1OC. The van der Waals surface area contributed by atoms with Crippen LogP contribution in [0, 0.1) is 5.92 Å². The molecule has 0 aromatic heterocycles. The van der Waals surface area contributed by atoms with E-state index in [0.717, 1.165) is 0 Å². The zero-order valence-corrected chi connectivity index (χ0v) is 12.8. The molecule has 1 saturated heterocycles. The first kappa shape index (κ1) is 15.2. The van der Waals surface area contributed by atoms with Crippen LogP contribution >= 0.6 is 0 Å². The van der Waals surface area contributed by atoms with Crippen molar-refractivity contribution in [2.75, 3.05) is 39.8 Å². The zero-order chi connectivity index (χ0) is 15.6. The molecular formula is C15H20N2O4. The number of methoxy groups -OCH3 is 2. The van der Waals surface area contributed by atoms with Crippen molar-refractivity contribution in [3.63, 3.8) is 0 Å². The van der Waals surface area contributed by atoms with Crippen LogP contribution < -0.4 is 14.4 Å². The van der Waals surface area contributed by atoms with Crippen molar-refractivity contribution in [1.82, 2.24) is 4.90 Å². The normalized spacial score (nSPS) is 17.8. The molecule has 1 unspecified atom stereocenters. The van der Waals surface area contributed by atoms with Crippen LogP contribution in [-0.4, -0.2) is 51.6 Å². The van der Waals surface area contributed by atoms with Gasteiger partial charge in [-0.25, -0.2) is 0 Å². The molecule has 1 aromatic carbocycles. The lowest BCUT2D eigenvalue weighted by atomic mass is 10.1. The average Bonchev–Trinajstić information content (AvgIpc) is 2.87. The molecule has 0 radical (unpaired) electrons. The van der Waals surface area contributed by atoms with Crippen LogP contribution in [0.2, 0.25) is 0 Å². The Kier molecular flexibility index (Phi) is 4.35. The fourth-order valence-corrected chi connectivity index (χ4v) is 2.48. The summed E-state index contributed by atoms with van der Waals surface area (Å²) in [6, 6.07) is 5.30. The highest BCUT2D eigenvalue weighted by Crippen LogP contribution is 2.34. The molecule has 0 bridgehead atoms. The Morgan fingerprint density at radius 3 is 2.48 bits per heavy atom. The summed E-state index contributed by atoms with van der Waals surface area (Å²) in [6.07, 6.45) is 0.241. The second-order valence-corrected chi connectivity index (χ2v) is 5.18. The van der Waals surface area contributed by atoms with E-state index in [4.69, 9.17) is 9.47 Å². The van der Waals surface area contributed by atoms with Crippen LogP contribution in [0.25, 0.3) is 0 Å². The van der Waals surface area contributed by atoms with Gasteiger partial charge in [-0.15, -0.1) is 0 Å². The average molecular weight is 292 g/mol. The van der Waals surface area contributed by atoms with Crippen molar-refractivity contribution in [1.29, 1.82) is 0 Å². The molecule has 0 spiro atoms. The Morgan fingerprint density at radius 1 is 1.24 bits per heavy atom. The molecule has 1 heterocycles. The summed E-state index contributed by atoms with van der Waals surface area (Å²) >= 11 is 0. The lowest BCUT2D eigenvalue weighted by Crippen LogP contribution is -2.32. The topological polar surface area (TPSA) is 59.1 Å². The van der Waals surface area contributed by atoms with Crippen LogP contribution in [0.4, 0.5) is 5.69 Å². The lowest BCUT2D eigenvalue weighted by Gasteiger charge is -2.19. The molecule has 1 aromatic rings. The number of hydrogen-bond donors (Lipinski definition) is 0. The maximum absolute atomic E-state index is 12.1. The van der Waals surface area contributed by atoms with Gasteiger partial charge in [-0.3, -0.25) is 9.59 Å². The fraction of sp³-hybridized carbons (Fsp3) is 0.467. The minimum absolute atomic E-state index is 0.0219. The number of carbonyl (C=O) groups is 2. The van der Waals surface area contributed by atoms with Crippen molar-refractivity contribution in [3.8, 4) is 11.5 Å². The summed E-state index contributed by atoms with van der Waals surface area (Å²) in [4.78, 5) is 27.3. The second kappa shape index (κ2) is 6.03. The largest absolute Gasteiger partial charge is 0.493 e. The number of rotatable bonds is 4. The molecule has 1 aliphatic heterocycles. The van der Waals surface area contributed by atoms with E-state index in [1.807, 2.05) is 0 Å². The summed E-state index contributed by atoms with van der Waals surface area (Å²) in [5.74, 6) is 0.799. The molecule has 2 amide bonds. The van der Waals surface area contributed by atoms with E-state index in [0.29, 0.717) is 23.7 Å². The first-order chi connectivity index (χ1) is 9.97. The van der Waals surface area contributed by atoms with Gasteiger partial charge in [0.2, 0.25) is 11.8 Å². The molecule has 0 aliphatic carbocycles. The third-order valence-electron chi connectivity index (χ3n) is 3.59. The third-order valence-corrected chi connectivity index (χ3v) is 3.59. The predicted octanol–water partition coefficient (Wildman–Crippen LogP) is 1.14. The van der Waals surface area contributed by atoms with E-state index in [2.05, 4.69) is 0 Å². The van der Waals surface area contributed by atoms with E-state index in [-0.39, 0.29) is 24.2 Å². The van der Waals surface area contributed by atoms with Crippen LogP contribution in [0.1, 0.15) is 6.42 Å². The smallest absolute Gasteiger partial charge is 0.227 e. The number of carbonyl (C=O) groups excluding carboxylic acids is 2. The highest BCUT2D eigenvalue weighted by atomic mass is 16.5. The van der Waals surface area contributed by atoms with Gasteiger partial charge in [0.15, 0.2) is 11.5 Å². The summed E-state index contributed by atoms with van der Waals surface area (Å²) in [5, 5.41) is 0. The Bertz CT molecular complexity index is 557. The summed E-state index contributed by atoms with van der Waals surface area (Å²) < 4.78 is 10.4. The van der Waals surface area contributed by atoms with Crippen molar-refractivity contribution in [2.24, 2.45) is 5.92 Å². The van der Waals surface area contributed by atoms with Crippen LogP contribution in [-0.2, 0) is 9.59 Å². The Morgan fingerprint density at radius 2 is 1.90 bits per heavy atom. The molecule has 1 atom stereocenters. The molecule has 6 heteroatoms. The Hall–Kier alpha value is -2.24. The van der Waals surface area contributed by atoms with Gasteiger partial charge < -0.3 is 19.3 Å². The molecule has 2 rings (SSSR count). The van der Waals surface area contributed by atoms with Crippen molar-refractivity contribution >= 4 is 17.5 Å². The number of nitrogens with zero attached hydrogens (tertiary/aromatic N) is 2. The van der Waals surface area contributed by atoms with Crippen molar-refractivity contribution < 1.29 is 19.1 Å². The quantitative estimate of drug-likeness (QED) is 0.835. The highest BCUT2D eigenvalue weighted by molar-refractivity contribution is 6.00. The number of benzene rings is 1.